The predicted molar refractivity (Wildman–Crippen MR) is 78.1 cm³/mol. The van der Waals surface area contributed by atoms with Crippen LogP contribution in [-0.4, -0.2) is 5.91 Å². The Hall–Kier alpha value is -1.98. The minimum absolute atomic E-state index is 0.225. The molecule has 3 nitrogen and oxygen atoms in total. The molecule has 0 aliphatic carbocycles. The lowest BCUT2D eigenvalue weighted by Crippen LogP contribution is -2.28. The van der Waals surface area contributed by atoms with Crippen LogP contribution < -0.4 is 11.1 Å². The quantitative estimate of drug-likeness (QED) is 0.910. The normalized spacial score (nSPS) is 12.0. The van der Waals surface area contributed by atoms with E-state index in [1.807, 2.05) is 19.1 Å². The Morgan fingerprint density at radius 3 is 2.43 bits per heavy atom. The fraction of sp³-hybridized carbons (Fsp3) is 0.133. The third-order valence-corrected chi connectivity index (χ3v) is 3.27. The van der Waals surface area contributed by atoms with E-state index in [0.717, 1.165) is 11.6 Å². The summed E-state index contributed by atoms with van der Waals surface area (Å²) in [6.45, 7) is 1.91. The Labute approximate surface area is 125 Å². The lowest BCUT2D eigenvalue weighted by atomic mass is 10.1. The first kappa shape index (κ1) is 15.4. The molecular weight excluding hydrogens is 298 g/mol. The summed E-state index contributed by atoms with van der Waals surface area (Å²) in [5, 5.41) is 2.06. The lowest BCUT2D eigenvalue weighted by Gasteiger charge is -2.14. The minimum atomic E-state index is -0.980. The van der Waals surface area contributed by atoms with Crippen molar-refractivity contribution in [1.82, 2.24) is 0 Å². The molecule has 0 saturated heterocycles. The minimum Gasteiger partial charge on any atom is -0.321 e. The van der Waals surface area contributed by atoms with Gasteiger partial charge in [0.05, 0.1) is 10.7 Å². The molecule has 0 heterocycles. The second kappa shape index (κ2) is 6.20. The van der Waals surface area contributed by atoms with Gasteiger partial charge in [0.1, 0.15) is 11.9 Å². The van der Waals surface area contributed by atoms with Crippen LogP contribution in [0.15, 0.2) is 36.4 Å². The number of nitrogens with one attached hydrogen (secondary N) is 1. The number of halogens is 3. The van der Waals surface area contributed by atoms with Crippen LogP contribution in [0.2, 0.25) is 5.02 Å². The van der Waals surface area contributed by atoms with E-state index in [-0.39, 0.29) is 10.7 Å². The van der Waals surface area contributed by atoms with E-state index in [1.54, 1.807) is 12.1 Å². The highest BCUT2D eigenvalue weighted by atomic mass is 35.5. The molecule has 2 aromatic carbocycles. The van der Waals surface area contributed by atoms with E-state index in [2.05, 4.69) is 5.32 Å². The first-order valence-corrected chi connectivity index (χ1v) is 6.54. The van der Waals surface area contributed by atoms with E-state index >= 15 is 0 Å². The van der Waals surface area contributed by atoms with Crippen molar-refractivity contribution in [1.29, 1.82) is 0 Å². The number of hydrogen-bond donors (Lipinski definition) is 2. The van der Waals surface area contributed by atoms with Crippen molar-refractivity contribution < 1.29 is 13.6 Å². The number of anilines is 1. The first-order chi connectivity index (χ1) is 9.88. The standard InChI is InChI=1S/C15H13ClF2N2O/c1-8-2-4-9(5-3-8)13(19)15(21)20-14-11(16)6-10(17)7-12(14)18/h2-7,13H,19H2,1H3,(H,20,21). The van der Waals surface area contributed by atoms with Gasteiger partial charge >= 0.3 is 0 Å². The number of nitrogens with two attached hydrogens (primary N) is 1. The number of amides is 1. The molecule has 2 aromatic rings. The second-order valence-electron chi connectivity index (χ2n) is 4.62. The van der Waals surface area contributed by atoms with Crippen LogP contribution in [0.3, 0.4) is 0 Å². The third kappa shape index (κ3) is 3.56. The summed E-state index contributed by atoms with van der Waals surface area (Å²) in [6.07, 6.45) is 0. The Morgan fingerprint density at radius 2 is 1.86 bits per heavy atom. The molecule has 0 saturated carbocycles. The number of hydrogen-bond acceptors (Lipinski definition) is 2. The first-order valence-electron chi connectivity index (χ1n) is 6.16. The largest absolute Gasteiger partial charge is 0.321 e. The van der Waals surface area contributed by atoms with Gasteiger partial charge in [-0.1, -0.05) is 41.4 Å². The Balaban J connectivity index is 2.20. The summed E-state index contributed by atoms with van der Waals surface area (Å²) < 4.78 is 26.6. The van der Waals surface area contributed by atoms with Crippen LogP contribution in [0, 0.1) is 18.6 Å². The Morgan fingerprint density at radius 1 is 1.24 bits per heavy atom. The van der Waals surface area contributed by atoms with E-state index in [9.17, 15) is 13.6 Å². The van der Waals surface area contributed by atoms with Crippen molar-refractivity contribution in [3.05, 3.63) is 64.2 Å². The van der Waals surface area contributed by atoms with Gasteiger partial charge in [0, 0.05) is 6.07 Å². The van der Waals surface area contributed by atoms with Gasteiger partial charge in [-0.05, 0) is 18.6 Å². The van der Waals surface area contributed by atoms with Gasteiger partial charge in [0.15, 0.2) is 5.82 Å². The summed E-state index contributed by atoms with van der Waals surface area (Å²) in [4.78, 5) is 12.0. The third-order valence-electron chi connectivity index (χ3n) is 2.97. The van der Waals surface area contributed by atoms with E-state index < -0.39 is 23.6 Å². The summed E-state index contributed by atoms with van der Waals surface area (Å²) >= 11 is 5.71. The molecule has 1 amide bonds. The molecule has 0 radical (unpaired) electrons. The SMILES string of the molecule is Cc1ccc(C(N)C(=O)Nc2c(F)cc(F)cc2Cl)cc1. The van der Waals surface area contributed by atoms with E-state index in [0.29, 0.717) is 11.6 Å². The average Bonchev–Trinajstić information content (AvgIpc) is 2.42. The summed E-state index contributed by atoms with van der Waals surface area (Å²) in [5.74, 6) is -2.41. The average molecular weight is 311 g/mol. The maximum Gasteiger partial charge on any atom is 0.246 e. The molecule has 0 aliphatic heterocycles. The topological polar surface area (TPSA) is 55.1 Å². The predicted octanol–water partition coefficient (Wildman–Crippen LogP) is 3.57. The zero-order valence-electron chi connectivity index (χ0n) is 11.2. The fourth-order valence-electron chi connectivity index (χ4n) is 1.79. The molecule has 0 spiro atoms. The molecule has 0 fully saturated rings. The summed E-state index contributed by atoms with van der Waals surface area (Å²) in [6, 6.07) is 7.62. The van der Waals surface area contributed by atoms with Gasteiger partial charge in [0.2, 0.25) is 5.91 Å². The van der Waals surface area contributed by atoms with Gasteiger partial charge in [-0.15, -0.1) is 0 Å². The fourth-order valence-corrected chi connectivity index (χ4v) is 2.03. The van der Waals surface area contributed by atoms with Crippen LogP contribution in [0.4, 0.5) is 14.5 Å². The second-order valence-corrected chi connectivity index (χ2v) is 5.03. The molecule has 3 N–H and O–H groups in total. The monoisotopic (exact) mass is 310 g/mol. The number of carbonyl (C=O) groups excluding carboxylic acids is 1. The van der Waals surface area contributed by atoms with Gasteiger partial charge in [-0.2, -0.15) is 0 Å². The smallest absolute Gasteiger partial charge is 0.246 e. The van der Waals surface area contributed by atoms with E-state index in [1.165, 1.54) is 0 Å². The summed E-state index contributed by atoms with van der Waals surface area (Å²) in [7, 11) is 0. The van der Waals surface area contributed by atoms with Crippen LogP contribution in [-0.2, 0) is 4.79 Å². The van der Waals surface area contributed by atoms with Gasteiger partial charge in [0.25, 0.3) is 0 Å². The number of aryl methyl sites for hydroxylation is 1. The van der Waals surface area contributed by atoms with Crippen molar-refractivity contribution in [2.24, 2.45) is 5.73 Å². The Bertz CT molecular complexity index is 651. The molecule has 1 atom stereocenters. The summed E-state index contributed by atoms with van der Waals surface area (Å²) in [5.41, 5.74) is 7.14. The maximum absolute atomic E-state index is 13.6. The van der Waals surface area contributed by atoms with Crippen molar-refractivity contribution in [3.63, 3.8) is 0 Å². The molecule has 110 valence electrons. The molecule has 0 bridgehead atoms. The van der Waals surface area contributed by atoms with Gasteiger partial charge in [-0.25, -0.2) is 8.78 Å². The van der Waals surface area contributed by atoms with Gasteiger partial charge in [-0.3, -0.25) is 4.79 Å². The molecule has 1 unspecified atom stereocenters. The molecule has 2 rings (SSSR count). The maximum atomic E-state index is 13.6. The van der Waals surface area contributed by atoms with Crippen LogP contribution >= 0.6 is 11.6 Å². The molecular formula is C15H13ClF2N2O. The number of rotatable bonds is 3. The highest BCUT2D eigenvalue weighted by Crippen LogP contribution is 2.27. The zero-order chi connectivity index (χ0) is 15.6. The zero-order valence-corrected chi connectivity index (χ0v) is 11.9. The van der Waals surface area contributed by atoms with Crippen LogP contribution in [0.5, 0.6) is 0 Å². The van der Waals surface area contributed by atoms with Crippen LogP contribution in [0.1, 0.15) is 17.2 Å². The molecule has 0 aliphatic rings. The number of benzene rings is 2. The lowest BCUT2D eigenvalue weighted by molar-refractivity contribution is -0.117. The molecule has 0 aromatic heterocycles. The van der Waals surface area contributed by atoms with Crippen molar-refractivity contribution in [3.8, 4) is 0 Å². The molecule has 6 heteroatoms. The highest BCUT2D eigenvalue weighted by molar-refractivity contribution is 6.33. The van der Waals surface area contributed by atoms with E-state index in [4.69, 9.17) is 17.3 Å². The van der Waals surface area contributed by atoms with Crippen molar-refractivity contribution in [2.75, 3.05) is 5.32 Å². The Kier molecular flexibility index (Phi) is 4.55. The van der Waals surface area contributed by atoms with Crippen molar-refractivity contribution in [2.45, 2.75) is 13.0 Å². The van der Waals surface area contributed by atoms with Crippen molar-refractivity contribution >= 4 is 23.2 Å². The van der Waals surface area contributed by atoms with Crippen LogP contribution in [0.25, 0.3) is 0 Å². The van der Waals surface area contributed by atoms with Gasteiger partial charge < -0.3 is 11.1 Å². The molecule has 21 heavy (non-hydrogen) atoms. The highest BCUT2D eigenvalue weighted by Gasteiger charge is 2.19. The number of carbonyl (C=O) groups is 1.